The fraction of sp³-hybridized carbons (Fsp3) is 0. The van der Waals surface area contributed by atoms with Crippen molar-refractivity contribution in [1.29, 1.82) is 0 Å². The average molecular weight is 324 g/mol. The molecule has 0 spiro atoms. The van der Waals surface area contributed by atoms with Crippen LogP contribution in [-0.2, 0) is 0 Å². The maximum absolute atomic E-state index is 11.9. The van der Waals surface area contributed by atoms with E-state index in [1.807, 2.05) is 18.2 Å². The monoisotopic (exact) mass is 324 g/mol. The number of rotatable bonds is 2. The van der Waals surface area contributed by atoms with Gasteiger partial charge >= 0.3 is 0 Å². The number of carbonyl (C=O) groups excluding carboxylic acids is 1. The molecule has 0 aliphatic heterocycles. The molecule has 1 amide bonds. The highest BCUT2D eigenvalue weighted by atomic mass is 127. The summed E-state index contributed by atoms with van der Waals surface area (Å²) in [6.07, 6.45) is 3.29. The largest absolute Gasteiger partial charge is 0.322 e. The van der Waals surface area contributed by atoms with Gasteiger partial charge < -0.3 is 5.32 Å². The van der Waals surface area contributed by atoms with Crippen molar-refractivity contribution in [2.24, 2.45) is 0 Å². The molecular formula is C12H9IN2O. The van der Waals surface area contributed by atoms with Gasteiger partial charge in [-0.2, -0.15) is 0 Å². The Balaban J connectivity index is 2.19. The minimum absolute atomic E-state index is 0.101. The van der Waals surface area contributed by atoms with E-state index in [1.54, 1.807) is 30.6 Å². The lowest BCUT2D eigenvalue weighted by molar-refractivity contribution is 0.102. The Morgan fingerprint density at radius 1 is 1.12 bits per heavy atom. The summed E-state index contributed by atoms with van der Waals surface area (Å²) in [6.45, 7) is 0. The van der Waals surface area contributed by atoms with Crippen LogP contribution in [0.15, 0.2) is 48.8 Å². The van der Waals surface area contributed by atoms with Gasteiger partial charge in [0.15, 0.2) is 0 Å². The molecule has 0 fully saturated rings. The Morgan fingerprint density at radius 3 is 2.50 bits per heavy atom. The van der Waals surface area contributed by atoms with E-state index in [2.05, 4.69) is 32.9 Å². The van der Waals surface area contributed by atoms with E-state index in [0.29, 0.717) is 5.56 Å². The zero-order valence-electron chi connectivity index (χ0n) is 8.35. The number of hydrogen-bond donors (Lipinski definition) is 1. The van der Waals surface area contributed by atoms with Gasteiger partial charge in [0.25, 0.3) is 5.91 Å². The van der Waals surface area contributed by atoms with Gasteiger partial charge in [-0.3, -0.25) is 9.78 Å². The van der Waals surface area contributed by atoms with Crippen LogP contribution < -0.4 is 5.32 Å². The molecule has 2 rings (SSSR count). The lowest BCUT2D eigenvalue weighted by Crippen LogP contribution is -2.13. The molecule has 1 heterocycles. The number of nitrogens with zero attached hydrogens (tertiary/aromatic N) is 1. The molecule has 16 heavy (non-hydrogen) atoms. The Labute approximate surface area is 107 Å². The molecule has 0 unspecified atom stereocenters. The van der Waals surface area contributed by atoms with Gasteiger partial charge in [-0.1, -0.05) is 12.1 Å². The number of anilines is 1. The number of pyridine rings is 1. The van der Waals surface area contributed by atoms with E-state index in [4.69, 9.17) is 0 Å². The average Bonchev–Trinajstić information content (AvgIpc) is 2.31. The van der Waals surface area contributed by atoms with Crippen LogP contribution in [0.5, 0.6) is 0 Å². The van der Waals surface area contributed by atoms with Gasteiger partial charge in [-0.05, 0) is 46.9 Å². The van der Waals surface area contributed by atoms with Crippen molar-refractivity contribution in [3.8, 4) is 0 Å². The molecule has 0 aliphatic carbocycles. The third-order valence-corrected chi connectivity index (χ3v) is 3.00. The summed E-state index contributed by atoms with van der Waals surface area (Å²) in [6, 6.07) is 11.0. The first-order valence-electron chi connectivity index (χ1n) is 4.73. The second-order valence-corrected chi connectivity index (χ2v) is 4.33. The zero-order chi connectivity index (χ0) is 11.4. The molecule has 2 aromatic rings. The van der Waals surface area contributed by atoms with Crippen LogP contribution in [0, 0.1) is 3.57 Å². The Bertz CT molecular complexity index is 499. The molecule has 0 saturated heterocycles. The first kappa shape index (κ1) is 11.1. The number of benzene rings is 1. The minimum Gasteiger partial charge on any atom is -0.322 e. The lowest BCUT2D eigenvalue weighted by atomic mass is 10.2. The lowest BCUT2D eigenvalue weighted by Gasteiger charge is -2.05. The number of amides is 1. The Hall–Kier alpha value is -1.43. The van der Waals surface area contributed by atoms with Crippen LogP contribution in [0.1, 0.15) is 10.4 Å². The van der Waals surface area contributed by atoms with Gasteiger partial charge in [-0.25, -0.2) is 0 Å². The molecule has 0 saturated carbocycles. The molecule has 3 nitrogen and oxygen atoms in total. The number of carbonyl (C=O) groups is 1. The topological polar surface area (TPSA) is 42.0 Å². The van der Waals surface area contributed by atoms with E-state index in [1.165, 1.54) is 0 Å². The van der Waals surface area contributed by atoms with Gasteiger partial charge in [0.1, 0.15) is 0 Å². The third kappa shape index (κ3) is 2.57. The van der Waals surface area contributed by atoms with Crippen molar-refractivity contribution in [2.45, 2.75) is 0 Å². The number of halogens is 1. The summed E-state index contributed by atoms with van der Waals surface area (Å²) in [5, 5.41) is 2.82. The Kier molecular flexibility index (Phi) is 3.51. The second-order valence-electron chi connectivity index (χ2n) is 3.17. The molecular weight excluding hydrogens is 315 g/mol. The summed E-state index contributed by atoms with van der Waals surface area (Å²) in [5.74, 6) is -0.101. The third-order valence-electron chi connectivity index (χ3n) is 2.06. The van der Waals surface area contributed by atoms with Gasteiger partial charge in [0, 0.05) is 21.7 Å². The van der Waals surface area contributed by atoms with Crippen LogP contribution in [0.3, 0.4) is 0 Å². The van der Waals surface area contributed by atoms with E-state index in [-0.39, 0.29) is 5.91 Å². The molecule has 0 aliphatic rings. The van der Waals surface area contributed by atoms with Crippen molar-refractivity contribution >= 4 is 34.2 Å². The van der Waals surface area contributed by atoms with E-state index in [9.17, 15) is 4.79 Å². The molecule has 0 bridgehead atoms. The molecule has 1 aromatic heterocycles. The normalized spacial score (nSPS) is 9.81. The predicted molar refractivity (Wildman–Crippen MR) is 71.3 cm³/mol. The summed E-state index contributed by atoms with van der Waals surface area (Å²) >= 11 is 2.15. The highest BCUT2D eigenvalue weighted by molar-refractivity contribution is 14.1. The first-order chi connectivity index (χ1) is 7.77. The minimum atomic E-state index is -0.101. The van der Waals surface area contributed by atoms with Crippen molar-refractivity contribution in [2.75, 3.05) is 5.32 Å². The van der Waals surface area contributed by atoms with Crippen LogP contribution in [0.2, 0.25) is 0 Å². The van der Waals surface area contributed by atoms with Crippen molar-refractivity contribution in [1.82, 2.24) is 4.98 Å². The molecule has 1 aromatic carbocycles. The second kappa shape index (κ2) is 5.07. The maximum atomic E-state index is 11.9. The van der Waals surface area contributed by atoms with Crippen molar-refractivity contribution in [3.63, 3.8) is 0 Å². The summed E-state index contributed by atoms with van der Waals surface area (Å²) in [5.41, 5.74) is 1.43. The van der Waals surface area contributed by atoms with Crippen molar-refractivity contribution in [3.05, 3.63) is 57.9 Å². The van der Waals surface area contributed by atoms with Gasteiger partial charge in [0.2, 0.25) is 0 Å². The predicted octanol–water partition coefficient (Wildman–Crippen LogP) is 2.94. The maximum Gasteiger partial charge on any atom is 0.256 e. The van der Waals surface area contributed by atoms with Crippen LogP contribution in [-0.4, -0.2) is 10.9 Å². The number of nitrogens with one attached hydrogen (secondary N) is 1. The zero-order valence-corrected chi connectivity index (χ0v) is 10.5. The van der Waals surface area contributed by atoms with Crippen LogP contribution in [0.25, 0.3) is 0 Å². The quantitative estimate of drug-likeness (QED) is 0.863. The summed E-state index contributed by atoms with van der Waals surface area (Å²) in [4.78, 5) is 15.8. The highest BCUT2D eigenvalue weighted by Gasteiger charge is 2.08. The van der Waals surface area contributed by atoms with E-state index >= 15 is 0 Å². The van der Waals surface area contributed by atoms with Gasteiger partial charge in [-0.15, -0.1) is 0 Å². The summed E-state index contributed by atoms with van der Waals surface area (Å²) in [7, 11) is 0. The number of hydrogen-bond acceptors (Lipinski definition) is 2. The highest BCUT2D eigenvalue weighted by Crippen LogP contribution is 2.13. The van der Waals surface area contributed by atoms with Crippen LogP contribution in [0.4, 0.5) is 5.69 Å². The van der Waals surface area contributed by atoms with E-state index < -0.39 is 0 Å². The Morgan fingerprint density at radius 2 is 1.81 bits per heavy atom. The van der Waals surface area contributed by atoms with Gasteiger partial charge in [0.05, 0.1) is 5.56 Å². The SMILES string of the molecule is O=C(Nc1ccncc1)c1ccccc1I. The fourth-order valence-electron chi connectivity index (χ4n) is 1.28. The number of aromatic nitrogens is 1. The fourth-order valence-corrected chi connectivity index (χ4v) is 1.91. The van der Waals surface area contributed by atoms with Crippen LogP contribution >= 0.6 is 22.6 Å². The first-order valence-corrected chi connectivity index (χ1v) is 5.81. The molecule has 4 heteroatoms. The molecule has 1 N–H and O–H groups in total. The van der Waals surface area contributed by atoms with E-state index in [0.717, 1.165) is 9.26 Å². The molecule has 0 radical (unpaired) electrons. The standard InChI is InChI=1S/C12H9IN2O/c13-11-4-2-1-3-10(11)12(16)15-9-5-7-14-8-6-9/h1-8H,(H,14,15,16). The summed E-state index contributed by atoms with van der Waals surface area (Å²) < 4.78 is 0.937. The molecule has 80 valence electrons. The van der Waals surface area contributed by atoms with Crippen molar-refractivity contribution < 1.29 is 4.79 Å². The molecule has 0 atom stereocenters. The smallest absolute Gasteiger partial charge is 0.256 e.